The molecule has 150 valence electrons. The SMILES string of the molecule is CC(C)(C#N)CCC(NC(=O)OCC1c2ccccc2-c2ccccc21)C(=O)O. The Bertz CT molecular complexity index is 916. The fraction of sp³-hybridized carbons (Fsp3) is 0.348. The Balaban J connectivity index is 1.64. The normalized spacial score (nSPS) is 13.7. The number of carbonyl (C=O) groups is 2. The van der Waals surface area contributed by atoms with Crippen LogP contribution in [0, 0.1) is 16.7 Å². The lowest BCUT2D eigenvalue weighted by Gasteiger charge is -2.20. The van der Waals surface area contributed by atoms with E-state index in [0.717, 1.165) is 22.3 Å². The van der Waals surface area contributed by atoms with E-state index in [0.29, 0.717) is 6.42 Å². The number of hydrogen-bond acceptors (Lipinski definition) is 4. The predicted octanol–water partition coefficient (Wildman–Crippen LogP) is 4.31. The molecule has 2 aromatic carbocycles. The molecule has 0 aliphatic heterocycles. The molecule has 6 nitrogen and oxygen atoms in total. The first-order valence-corrected chi connectivity index (χ1v) is 9.58. The van der Waals surface area contributed by atoms with Crippen molar-refractivity contribution in [2.75, 3.05) is 6.61 Å². The van der Waals surface area contributed by atoms with Crippen LogP contribution in [-0.2, 0) is 9.53 Å². The monoisotopic (exact) mass is 392 g/mol. The van der Waals surface area contributed by atoms with Gasteiger partial charge in [-0.1, -0.05) is 48.5 Å². The molecule has 6 heteroatoms. The number of alkyl carbamates (subject to hydrolysis) is 1. The molecule has 29 heavy (non-hydrogen) atoms. The van der Waals surface area contributed by atoms with Gasteiger partial charge in [0.05, 0.1) is 11.5 Å². The average molecular weight is 392 g/mol. The third kappa shape index (κ3) is 4.57. The fourth-order valence-corrected chi connectivity index (χ4v) is 3.60. The van der Waals surface area contributed by atoms with Crippen LogP contribution in [0.2, 0.25) is 0 Å². The Kier molecular flexibility index (Phi) is 5.88. The van der Waals surface area contributed by atoms with E-state index >= 15 is 0 Å². The van der Waals surface area contributed by atoms with Crippen molar-refractivity contribution in [1.29, 1.82) is 5.26 Å². The minimum Gasteiger partial charge on any atom is -0.480 e. The third-order valence-electron chi connectivity index (χ3n) is 5.29. The van der Waals surface area contributed by atoms with Crippen LogP contribution in [0.1, 0.15) is 43.7 Å². The molecule has 2 N–H and O–H groups in total. The maximum absolute atomic E-state index is 12.3. The van der Waals surface area contributed by atoms with Gasteiger partial charge in [0, 0.05) is 5.92 Å². The molecule has 1 unspecified atom stereocenters. The van der Waals surface area contributed by atoms with Crippen molar-refractivity contribution < 1.29 is 19.4 Å². The lowest BCUT2D eigenvalue weighted by atomic mass is 9.88. The van der Waals surface area contributed by atoms with E-state index in [1.54, 1.807) is 13.8 Å². The maximum Gasteiger partial charge on any atom is 0.407 e. The lowest BCUT2D eigenvalue weighted by molar-refractivity contribution is -0.139. The van der Waals surface area contributed by atoms with Crippen LogP contribution < -0.4 is 5.32 Å². The molecular formula is C23H24N2O4. The largest absolute Gasteiger partial charge is 0.480 e. The number of carboxylic acids is 1. The number of aliphatic carboxylic acids is 1. The quantitative estimate of drug-likeness (QED) is 0.731. The van der Waals surface area contributed by atoms with Gasteiger partial charge in [-0.15, -0.1) is 0 Å². The van der Waals surface area contributed by atoms with Crippen molar-refractivity contribution in [3.8, 4) is 17.2 Å². The van der Waals surface area contributed by atoms with E-state index < -0.39 is 23.5 Å². The van der Waals surface area contributed by atoms with Crippen molar-refractivity contribution >= 4 is 12.1 Å². The standard InChI is InChI=1S/C23H24N2O4/c1-23(2,14-24)12-11-20(21(26)27)25-22(28)29-13-19-17-9-5-3-7-15(17)16-8-4-6-10-18(16)19/h3-10,19-20H,11-13H2,1-2H3,(H,25,28)(H,26,27). The summed E-state index contributed by atoms with van der Waals surface area (Å²) in [4.78, 5) is 23.7. The summed E-state index contributed by atoms with van der Waals surface area (Å²) in [5.74, 6) is -1.24. The molecule has 1 aliphatic carbocycles. The number of carbonyl (C=O) groups excluding carboxylic acids is 1. The van der Waals surface area contributed by atoms with Gasteiger partial charge < -0.3 is 15.2 Å². The molecular weight excluding hydrogens is 368 g/mol. The zero-order chi connectivity index (χ0) is 21.0. The minimum absolute atomic E-state index is 0.0889. The highest BCUT2D eigenvalue weighted by Gasteiger charge is 2.30. The Morgan fingerprint density at radius 2 is 1.69 bits per heavy atom. The van der Waals surface area contributed by atoms with Gasteiger partial charge in [0.1, 0.15) is 12.6 Å². The number of nitrogens with one attached hydrogen (secondary N) is 1. The lowest BCUT2D eigenvalue weighted by Crippen LogP contribution is -2.42. The van der Waals surface area contributed by atoms with Crippen molar-refractivity contribution in [2.24, 2.45) is 5.41 Å². The highest BCUT2D eigenvalue weighted by molar-refractivity contribution is 5.81. The molecule has 1 atom stereocenters. The van der Waals surface area contributed by atoms with Crippen molar-refractivity contribution in [1.82, 2.24) is 5.32 Å². The van der Waals surface area contributed by atoms with Gasteiger partial charge in [0.15, 0.2) is 0 Å². The number of fused-ring (bicyclic) bond motifs is 3. The summed E-state index contributed by atoms with van der Waals surface area (Å²) in [5, 5.41) is 20.9. The van der Waals surface area contributed by atoms with Gasteiger partial charge in [-0.05, 0) is 48.9 Å². The summed E-state index contributed by atoms with van der Waals surface area (Å²) in [6, 6.07) is 17.0. The molecule has 2 aromatic rings. The molecule has 1 amide bonds. The Morgan fingerprint density at radius 3 is 2.21 bits per heavy atom. The average Bonchev–Trinajstić information content (AvgIpc) is 3.03. The highest BCUT2D eigenvalue weighted by Crippen LogP contribution is 2.44. The van der Waals surface area contributed by atoms with Crippen LogP contribution >= 0.6 is 0 Å². The van der Waals surface area contributed by atoms with Gasteiger partial charge >= 0.3 is 12.1 Å². The summed E-state index contributed by atoms with van der Waals surface area (Å²) in [6.45, 7) is 3.59. The molecule has 3 rings (SSSR count). The summed E-state index contributed by atoms with van der Waals surface area (Å²) in [7, 11) is 0. The summed E-state index contributed by atoms with van der Waals surface area (Å²) >= 11 is 0. The molecule has 0 radical (unpaired) electrons. The Hall–Kier alpha value is -3.33. The zero-order valence-corrected chi connectivity index (χ0v) is 16.5. The molecule has 0 heterocycles. The molecule has 0 aromatic heterocycles. The van der Waals surface area contributed by atoms with Gasteiger partial charge in [-0.2, -0.15) is 5.26 Å². The van der Waals surface area contributed by atoms with Crippen LogP contribution in [0.15, 0.2) is 48.5 Å². The van der Waals surface area contributed by atoms with E-state index in [2.05, 4.69) is 11.4 Å². The van der Waals surface area contributed by atoms with E-state index in [-0.39, 0.29) is 18.9 Å². The summed E-state index contributed by atoms with van der Waals surface area (Å²) in [6.07, 6.45) is -0.265. The van der Waals surface area contributed by atoms with E-state index in [1.807, 2.05) is 48.5 Å². The Labute approximate surface area is 170 Å². The number of nitriles is 1. The van der Waals surface area contributed by atoms with E-state index in [4.69, 9.17) is 10.00 Å². The van der Waals surface area contributed by atoms with Crippen LogP contribution in [0.5, 0.6) is 0 Å². The topological polar surface area (TPSA) is 99.4 Å². The summed E-state index contributed by atoms with van der Waals surface area (Å²) < 4.78 is 5.40. The minimum atomic E-state index is -1.15. The van der Waals surface area contributed by atoms with Crippen LogP contribution in [0.4, 0.5) is 4.79 Å². The van der Waals surface area contributed by atoms with Gasteiger partial charge in [-0.25, -0.2) is 9.59 Å². The smallest absolute Gasteiger partial charge is 0.407 e. The molecule has 0 saturated heterocycles. The van der Waals surface area contributed by atoms with Gasteiger partial charge in [0.25, 0.3) is 0 Å². The van der Waals surface area contributed by atoms with Crippen molar-refractivity contribution in [2.45, 2.75) is 38.6 Å². The highest BCUT2D eigenvalue weighted by atomic mass is 16.5. The number of rotatable bonds is 7. The second-order valence-corrected chi connectivity index (χ2v) is 7.90. The fourth-order valence-electron chi connectivity index (χ4n) is 3.60. The molecule has 0 bridgehead atoms. The first kappa shape index (κ1) is 20.4. The number of nitrogens with zero attached hydrogens (tertiary/aromatic N) is 1. The van der Waals surface area contributed by atoms with Gasteiger partial charge in [-0.3, -0.25) is 0 Å². The number of amides is 1. The predicted molar refractivity (Wildman–Crippen MR) is 108 cm³/mol. The number of carboxylic acid groups (broad SMARTS) is 1. The molecule has 1 aliphatic rings. The van der Waals surface area contributed by atoms with Crippen LogP contribution in [0.25, 0.3) is 11.1 Å². The molecule has 0 fully saturated rings. The molecule has 0 spiro atoms. The second kappa shape index (κ2) is 8.36. The number of hydrogen-bond donors (Lipinski definition) is 2. The zero-order valence-electron chi connectivity index (χ0n) is 16.5. The van der Waals surface area contributed by atoms with Crippen LogP contribution in [0.3, 0.4) is 0 Å². The first-order chi connectivity index (χ1) is 13.8. The van der Waals surface area contributed by atoms with Crippen molar-refractivity contribution in [3.05, 3.63) is 59.7 Å². The Morgan fingerprint density at radius 1 is 1.14 bits per heavy atom. The van der Waals surface area contributed by atoms with Gasteiger partial charge in [0.2, 0.25) is 0 Å². The second-order valence-electron chi connectivity index (χ2n) is 7.90. The van der Waals surface area contributed by atoms with Crippen molar-refractivity contribution in [3.63, 3.8) is 0 Å². The maximum atomic E-state index is 12.3. The first-order valence-electron chi connectivity index (χ1n) is 9.58. The molecule has 0 saturated carbocycles. The van der Waals surface area contributed by atoms with E-state index in [9.17, 15) is 14.7 Å². The number of ether oxygens (including phenoxy) is 1. The summed E-state index contributed by atoms with van der Waals surface area (Å²) in [5.41, 5.74) is 3.77. The number of benzene rings is 2. The third-order valence-corrected chi connectivity index (χ3v) is 5.29. The van der Waals surface area contributed by atoms with Crippen LogP contribution in [-0.4, -0.2) is 29.8 Å². The van der Waals surface area contributed by atoms with E-state index in [1.165, 1.54) is 0 Å².